The van der Waals surface area contributed by atoms with Gasteiger partial charge in [0.1, 0.15) is 11.3 Å². The Morgan fingerprint density at radius 1 is 0.710 bits per heavy atom. The first-order chi connectivity index (χ1) is 15.2. The van der Waals surface area contributed by atoms with Crippen LogP contribution < -0.4 is 14.9 Å². The van der Waals surface area contributed by atoms with Crippen molar-refractivity contribution in [2.75, 3.05) is 0 Å². The van der Waals surface area contributed by atoms with Crippen LogP contribution in [-0.2, 0) is 5.79 Å². The number of ether oxygens (including phenoxy) is 2. The van der Waals surface area contributed by atoms with Gasteiger partial charge in [0.25, 0.3) is 0 Å². The highest BCUT2D eigenvalue weighted by molar-refractivity contribution is 5.94. The molecule has 0 saturated heterocycles. The van der Waals surface area contributed by atoms with E-state index in [4.69, 9.17) is 13.9 Å². The maximum Gasteiger partial charge on any atom is 0.305 e. The number of benzene rings is 4. The number of aromatic hydroxyl groups is 1. The average molecular weight is 408 g/mol. The van der Waals surface area contributed by atoms with E-state index in [1.165, 1.54) is 12.1 Å². The van der Waals surface area contributed by atoms with Crippen molar-refractivity contribution < 1.29 is 19.0 Å². The Bertz CT molecular complexity index is 1460. The van der Waals surface area contributed by atoms with Crippen LogP contribution in [-0.4, -0.2) is 5.11 Å². The Balaban J connectivity index is 1.63. The molecule has 31 heavy (non-hydrogen) atoms. The van der Waals surface area contributed by atoms with Crippen molar-refractivity contribution in [3.8, 4) is 17.2 Å². The van der Waals surface area contributed by atoms with Crippen molar-refractivity contribution in [3.05, 3.63) is 112 Å². The van der Waals surface area contributed by atoms with E-state index in [2.05, 4.69) is 0 Å². The normalized spacial score (nSPS) is 14.2. The molecule has 1 aliphatic rings. The minimum absolute atomic E-state index is 0.00654. The minimum atomic E-state index is -1.21. The number of fused-ring (bicyclic) bond motifs is 4. The second-order valence-electron chi connectivity index (χ2n) is 7.43. The Morgan fingerprint density at radius 3 is 2.06 bits per heavy atom. The van der Waals surface area contributed by atoms with E-state index in [0.717, 1.165) is 11.1 Å². The fourth-order valence-corrected chi connectivity index (χ4v) is 4.08. The summed E-state index contributed by atoms with van der Waals surface area (Å²) in [5.41, 5.74) is 2.08. The molecule has 5 nitrogen and oxygen atoms in total. The average Bonchev–Trinajstić information content (AvgIpc) is 3.22. The number of phenols is 1. The predicted molar refractivity (Wildman–Crippen MR) is 117 cm³/mol. The highest BCUT2D eigenvalue weighted by Gasteiger charge is 2.46. The third kappa shape index (κ3) is 2.53. The summed E-state index contributed by atoms with van der Waals surface area (Å²) in [5.74, 6) is -0.340. The smallest absolute Gasteiger partial charge is 0.305 e. The topological polar surface area (TPSA) is 68.9 Å². The monoisotopic (exact) mass is 408 g/mol. The van der Waals surface area contributed by atoms with Gasteiger partial charge in [-0.15, -0.1) is 0 Å². The molecule has 0 aliphatic carbocycles. The molecule has 2 heterocycles. The summed E-state index contributed by atoms with van der Waals surface area (Å²) in [6, 6.07) is 27.2. The minimum Gasteiger partial charge on any atom is -0.508 e. The third-order valence-electron chi connectivity index (χ3n) is 5.55. The molecule has 150 valence electrons. The summed E-state index contributed by atoms with van der Waals surface area (Å²) in [4.78, 5) is 13.1. The standard InChI is InChI=1S/C26H16O5/c27-18-11-13-21-20(15-18)23(28)19-12-14-22-25(24(19)29-21)31-26(30-22,16-7-3-1-4-8-16)17-9-5-2-6-10-17/h1-15,27H. The van der Waals surface area contributed by atoms with Crippen molar-refractivity contribution >= 4 is 21.9 Å². The third-order valence-corrected chi connectivity index (χ3v) is 5.55. The molecule has 1 aliphatic heterocycles. The highest BCUT2D eigenvalue weighted by Crippen LogP contribution is 2.50. The molecule has 0 atom stereocenters. The van der Waals surface area contributed by atoms with Crippen LogP contribution in [0.5, 0.6) is 17.2 Å². The molecule has 6 rings (SSSR count). The summed E-state index contributed by atoms with van der Waals surface area (Å²) in [6.07, 6.45) is 0. The van der Waals surface area contributed by atoms with Crippen molar-refractivity contribution in [1.29, 1.82) is 0 Å². The van der Waals surface area contributed by atoms with Crippen LogP contribution in [0.3, 0.4) is 0 Å². The zero-order valence-electron chi connectivity index (χ0n) is 16.2. The van der Waals surface area contributed by atoms with Gasteiger partial charge in [0, 0.05) is 11.1 Å². The van der Waals surface area contributed by atoms with E-state index in [1.54, 1.807) is 18.2 Å². The predicted octanol–water partition coefficient (Wildman–Crippen LogP) is 5.32. The number of rotatable bonds is 2. The molecule has 5 heteroatoms. The quantitative estimate of drug-likeness (QED) is 0.400. The van der Waals surface area contributed by atoms with Gasteiger partial charge in [-0.2, -0.15) is 0 Å². The molecule has 0 amide bonds. The van der Waals surface area contributed by atoms with E-state index < -0.39 is 5.79 Å². The Morgan fingerprint density at radius 2 is 1.39 bits per heavy atom. The number of hydrogen-bond donors (Lipinski definition) is 1. The lowest BCUT2D eigenvalue weighted by molar-refractivity contribution is -0.0456. The molecule has 0 bridgehead atoms. The largest absolute Gasteiger partial charge is 0.508 e. The molecule has 0 saturated carbocycles. The van der Waals surface area contributed by atoms with Crippen LogP contribution >= 0.6 is 0 Å². The first-order valence-electron chi connectivity index (χ1n) is 9.87. The SMILES string of the molecule is O=c1c2cc(O)ccc2oc2c3c(ccc12)OC(c1ccccc1)(c1ccccc1)O3. The number of phenolic OH excluding ortho intramolecular Hbond substituents is 1. The molecular formula is C26H16O5. The fraction of sp³-hybridized carbons (Fsp3) is 0.0385. The Labute approximate surface area is 176 Å². The van der Waals surface area contributed by atoms with Gasteiger partial charge >= 0.3 is 5.79 Å². The molecular weight excluding hydrogens is 392 g/mol. The number of hydrogen-bond acceptors (Lipinski definition) is 5. The maximum atomic E-state index is 13.1. The van der Waals surface area contributed by atoms with Crippen molar-refractivity contribution in [3.63, 3.8) is 0 Å². The summed E-state index contributed by atoms with van der Waals surface area (Å²) < 4.78 is 19.0. The molecule has 4 aromatic carbocycles. The molecule has 0 spiro atoms. The Kier molecular flexibility index (Phi) is 3.62. The zero-order chi connectivity index (χ0) is 21.0. The first kappa shape index (κ1) is 17.6. The summed E-state index contributed by atoms with van der Waals surface area (Å²) in [7, 11) is 0. The van der Waals surface area contributed by atoms with Crippen LogP contribution in [0.4, 0.5) is 0 Å². The van der Waals surface area contributed by atoms with Crippen molar-refractivity contribution in [2.24, 2.45) is 0 Å². The van der Waals surface area contributed by atoms with Gasteiger partial charge in [0.15, 0.2) is 11.3 Å². The van der Waals surface area contributed by atoms with E-state index in [0.29, 0.717) is 33.4 Å². The van der Waals surface area contributed by atoms with E-state index in [-0.39, 0.29) is 11.2 Å². The van der Waals surface area contributed by atoms with Crippen LogP contribution in [0.2, 0.25) is 0 Å². The lowest BCUT2D eigenvalue weighted by Gasteiger charge is -2.28. The van der Waals surface area contributed by atoms with Crippen LogP contribution in [0.15, 0.2) is 100 Å². The molecule has 1 aromatic heterocycles. The highest BCUT2D eigenvalue weighted by atomic mass is 16.7. The molecule has 5 aromatic rings. The van der Waals surface area contributed by atoms with Crippen LogP contribution in [0.25, 0.3) is 21.9 Å². The lowest BCUT2D eigenvalue weighted by atomic mass is 9.97. The summed E-state index contributed by atoms with van der Waals surface area (Å²) in [6.45, 7) is 0. The van der Waals surface area contributed by atoms with E-state index in [1.807, 2.05) is 60.7 Å². The molecule has 0 fully saturated rings. The van der Waals surface area contributed by atoms with Gasteiger partial charge < -0.3 is 19.0 Å². The fourth-order valence-electron chi connectivity index (χ4n) is 4.08. The van der Waals surface area contributed by atoms with Gasteiger partial charge in [-0.3, -0.25) is 4.79 Å². The van der Waals surface area contributed by atoms with E-state index in [9.17, 15) is 9.90 Å². The first-order valence-corrected chi connectivity index (χ1v) is 9.87. The molecule has 1 N–H and O–H groups in total. The van der Waals surface area contributed by atoms with Crippen LogP contribution in [0, 0.1) is 0 Å². The van der Waals surface area contributed by atoms with Gasteiger partial charge in [-0.25, -0.2) is 0 Å². The van der Waals surface area contributed by atoms with Gasteiger partial charge in [0.2, 0.25) is 11.2 Å². The Hall–Kier alpha value is -4.25. The molecule has 0 radical (unpaired) electrons. The lowest BCUT2D eigenvalue weighted by Crippen LogP contribution is -2.36. The van der Waals surface area contributed by atoms with Gasteiger partial charge in [-0.05, 0) is 30.3 Å². The summed E-state index contributed by atoms with van der Waals surface area (Å²) >= 11 is 0. The second kappa shape index (κ2) is 6.37. The summed E-state index contributed by atoms with van der Waals surface area (Å²) in [5, 5.41) is 10.4. The van der Waals surface area contributed by atoms with Crippen LogP contribution in [0.1, 0.15) is 11.1 Å². The van der Waals surface area contributed by atoms with Crippen molar-refractivity contribution in [2.45, 2.75) is 5.79 Å². The van der Waals surface area contributed by atoms with Crippen molar-refractivity contribution in [1.82, 2.24) is 0 Å². The van der Waals surface area contributed by atoms with Gasteiger partial charge in [0.05, 0.1) is 10.8 Å². The molecule has 0 unspecified atom stereocenters. The van der Waals surface area contributed by atoms with Gasteiger partial charge in [-0.1, -0.05) is 60.7 Å². The second-order valence-corrected chi connectivity index (χ2v) is 7.43. The van der Waals surface area contributed by atoms with E-state index >= 15 is 0 Å². The maximum absolute atomic E-state index is 13.1. The zero-order valence-corrected chi connectivity index (χ0v) is 16.2.